The van der Waals surface area contributed by atoms with Crippen LogP contribution in [-0.4, -0.2) is 12.8 Å². The van der Waals surface area contributed by atoms with Crippen LogP contribution in [0, 0.1) is 0 Å². The van der Waals surface area contributed by atoms with Crippen molar-refractivity contribution in [2.45, 2.75) is 19.3 Å². The van der Waals surface area contributed by atoms with Crippen molar-refractivity contribution in [3.63, 3.8) is 0 Å². The van der Waals surface area contributed by atoms with Gasteiger partial charge in [-0.3, -0.25) is 5.32 Å². The van der Waals surface area contributed by atoms with Gasteiger partial charge in [0.25, 0.3) is 0 Å². The molecule has 0 radical (unpaired) electrons. The third-order valence-electron chi connectivity index (χ3n) is 2.13. The lowest BCUT2D eigenvalue weighted by Gasteiger charge is -2.08. The summed E-state index contributed by atoms with van der Waals surface area (Å²) in [5.74, 6) is 0. The number of ether oxygens (including phenoxy) is 1. The Balaban J connectivity index is 2.11. The summed E-state index contributed by atoms with van der Waals surface area (Å²) < 4.78 is 5.64. The summed E-state index contributed by atoms with van der Waals surface area (Å²) in [4.78, 5) is 0. The zero-order chi connectivity index (χ0) is 8.39. The summed E-state index contributed by atoms with van der Waals surface area (Å²) in [6.07, 6.45) is 0.427. The van der Waals surface area contributed by atoms with Crippen LogP contribution in [0.3, 0.4) is 0 Å². The van der Waals surface area contributed by atoms with E-state index in [1.807, 2.05) is 25.1 Å². The van der Waals surface area contributed by atoms with Crippen molar-refractivity contribution in [3.8, 4) is 0 Å². The number of hydrogen-bond acceptors (Lipinski definition) is 2. The third kappa shape index (κ3) is 1.49. The molecule has 0 spiro atoms. The molecule has 1 aromatic carbocycles. The van der Waals surface area contributed by atoms with E-state index in [0.717, 1.165) is 6.54 Å². The van der Waals surface area contributed by atoms with Gasteiger partial charge in [0.2, 0.25) is 0 Å². The monoisotopic (exact) mass is 163 g/mol. The smallest absolute Gasteiger partial charge is 0.106 e. The van der Waals surface area contributed by atoms with E-state index in [0.29, 0.717) is 0 Å². The van der Waals surface area contributed by atoms with E-state index in [2.05, 4.69) is 17.4 Å². The van der Waals surface area contributed by atoms with Crippen molar-refractivity contribution < 1.29 is 4.74 Å². The quantitative estimate of drug-likeness (QED) is 0.680. The second-order valence-corrected chi connectivity index (χ2v) is 3.09. The maximum absolute atomic E-state index is 5.64. The van der Waals surface area contributed by atoms with E-state index in [4.69, 9.17) is 4.74 Å². The first-order valence-corrected chi connectivity index (χ1v) is 4.30. The molecule has 2 unspecified atom stereocenters. The van der Waals surface area contributed by atoms with Crippen molar-refractivity contribution in [2.24, 2.45) is 0 Å². The predicted octanol–water partition coefficient (Wildman–Crippen LogP) is 1.69. The number of hydrogen-bond donors (Lipinski definition) is 1. The fraction of sp³-hybridized carbons (Fsp3) is 0.400. The highest BCUT2D eigenvalue weighted by Crippen LogP contribution is 2.21. The van der Waals surface area contributed by atoms with Crippen LogP contribution in [0.4, 0.5) is 0 Å². The molecule has 0 bridgehead atoms. The molecule has 1 aliphatic heterocycles. The highest BCUT2D eigenvalue weighted by molar-refractivity contribution is 5.18. The molecule has 64 valence electrons. The highest BCUT2D eigenvalue weighted by Gasteiger charge is 2.21. The molecule has 2 heteroatoms. The normalized spacial score (nSPS) is 29.1. The summed E-state index contributed by atoms with van der Waals surface area (Å²) in [7, 11) is 0. The van der Waals surface area contributed by atoms with Gasteiger partial charge in [0.05, 0.1) is 6.10 Å². The maximum Gasteiger partial charge on any atom is 0.106 e. The first-order chi connectivity index (χ1) is 5.86. The zero-order valence-electron chi connectivity index (χ0n) is 7.16. The topological polar surface area (TPSA) is 21.3 Å². The van der Waals surface area contributed by atoms with Gasteiger partial charge in [-0.05, 0) is 12.5 Å². The van der Waals surface area contributed by atoms with Gasteiger partial charge in [0.1, 0.15) is 6.23 Å². The number of nitrogens with one attached hydrogen (secondary N) is 1. The van der Waals surface area contributed by atoms with Crippen LogP contribution < -0.4 is 5.32 Å². The van der Waals surface area contributed by atoms with E-state index in [-0.39, 0.29) is 12.3 Å². The summed E-state index contributed by atoms with van der Waals surface area (Å²) in [5, 5.41) is 3.25. The van der Waals surface area contributed by atoms with Crippen molar-refractivity contribution in [1.29, 1.82) is 0 Å². The molecule has 1 heterocycles. The minimum atomic E-state index is 0.190. The molecule has 1 fully saturated rings. The molecule has 12 heavy (non-hydrogen) atoms. The van der Waals surface area contributed by atoms with Gasteiger partial charge in [0.15, 0.2) is 0 Å². The Morgan fingerprint density at radius 1 is 1.33 bits per heavy atom. The molecule has 0 amide bonds. The van der Waals surface area contributed by atoms with Crippen LogP contribution in [0.25, 0.3) is 0 Å². The fourth-order valence-electron chi connectivity index (χ4n) is 1.48. The van der Waals surface area contributed by atoms with E-state index in [1.165, 1.54) is 5.56 Å². The van der Waals surface area contributed by atoms with Crippen LogP contribution in [-0.2, 0) is 4.74 Å². The number of rotatable bonds is 1. The molecule has 1 N–H and O–H groups in total. The summed E-state index contributed by atoms with van der Waals surface area (Å²) in [6, 6.07) is 10.3. The van der Waals surface area contributed by atoms with Gasteiger partial charge in [-0.25, -0.2) is 0 Å². The van der Waals surface area contributed by atoms with Gasteiger partial charge in [-0.2, -0.15) is 0 Å². The Kier molecular flexibility index (Phi) is 2.11. The first kappa shape index (κ1) is 7.77. The maximum atomic E-state index is 5.64. The average Bonchev–Trinajstić information content (AvgIpc) is 2.54. The predicted molar refractivity (Wildman–Crippen MR) is 47.7 cm³/mol. The lowest BCUT2D eigenvalue weighted by atomic mass is 10.1. The van der Waals surface area contributed by atoms with Crippen molar-refractivity contribution >= 4 is 0 Å². The van der Waals surface area contributed by atoms with Crippen LogP contribution in [0.2, 0.25) is 0 Å². The fourth-order valence-corrected chi connectivity index (χ4v) is 1.48. The molecule has 1 aliphatic rings. The molecule has 0 saturated carbocycles. The summed E-state index contributed by atoms with van der Waals surface area (Å²) in [5.41, 5.74) is 1.26. The average molecular weight is 163 g/mol. The van der Waals surface area contributed by atoms with Crippen LogP contribution in [0.1, 0.15) is 18.6 Å². The SMILES string of the molecule is CC1NCC(c2ccccc2)O1. The molecule has 2 atom stereocenters. The Morgan fingerprint density at radius 2 is 2.08 bits per heavy atom. The van der Waals surface area contributed by atoms with E-state index in [9.17, 15) is 0 Å². The van der Waals surface area contributed by atoms with Gasteiger partial charge in [-0.15, -0.1) is 0 Å². The molecule has 1 saturated heterocycles. The molecule has 0 aromatic heterocycles. The largest absolute Gasteiger partial charge is 0.354 e. The molecule has 0 aliphatic carbocycles. The Labute approximate surface area is 72.5 Å². The van der Waals surface area contributed by atoms with E-state index >= 15 is 0 Å². The lowest BCUT2D eigenvalue weighted by Crippen LogP contribution is -2.17. The standard InChI is InChI=1S/C10H13NO/c1-8-11-7-10(12-8)9-5-3-2-4-6-9/h2-6,8,10-11H,7H2,1H3. The number of benzene rings is 1. The van der Waals surface area contributed by atoms with E-state index in [1.54, 1.807) is 0 Å². The Hall–Kier alpha value is -0.860. The first-order valence-electron chi connectivity index (χ1n) is 4.30. The third-order valence-corrected chi connectivity index (χ3v) is 2.13. The lowest BCUT2D eigenvalue weighted by molar-refractivity contribution is 0.0529. The molecular weight excluding hydrogens is 150 g/mol. The van der Waals surface area contributed by atoms with Gasteiger partial charge >= 0.3 is 0 Å². The van der Waals surface area contributed by atoms with Crippen molar-refractivity contribution in [3.05, 3.63) is 35.9 Å². The van der Waals surface area contributed by atoms with Crippen molar-refractivity contribution in [1.82, 2.24) is 5.32 Å². The summed E-state index contributed by atoms with van der Waals surface area (Å²) >= 11 is 0. The second kappa shape index (κ2) is 3.25. The Morgan fingerprint density at radius 3 is 2.67 bits per heavy atom. The van der Waals surface area contributed by atoms with Crippen LogP contribution in [0.15, 0.2) is 30.3 Å². The molecular formula is C10H13NO. The molecule has 1 aromatic rings. The Bertz CT molecular complexity index is 247. The van der Waals surface area contributed by atoms with Crippen LogP contribution >= 0.6 is 0 Å². The zero-order valence-corrected chi connectivity index (χ0v) is 7.16. The summed E-state index contributed by atoms with van der Waals surface area (Å²) in [6.45, 7) is 2.95. The van der Waals surface area contributed by atoms with E-state index < -0.39 is 0 Å². The minimum Gasteiger partial charge on any atom is -0.354 e. The van der Waals surface area contributed by atoms with Gasteiger partial charge in [-0.1, -0.05) is 30.3 Å². The minimum absolute atomic E-state index is 0.190. The highest BCUT2D eigenvalue weighted by atomic mass is 16.5. The van der Waals surface area contributed by atoms with Crippen LogP contribution in [0.5, 0.6) is 0 Å². The van der Waals surface area contributed by atoms with Gasteiger partial charge < -0.3 is 4.74 Å². The second-order valence-electron chi connectivity index (χ2n) is 3.09. The van der Waals surface area contributed by atoms with Crippen molar-refractivity contribution in [2.75, 3.05) is 6.54 Å². The molecule has 2 nitrogen and oxygen atoms in total. The molecule has 2 rings (SSSR count). The van der Waals surface area contributed by atoms with Gasteiger partial charge in [0, 0.05) is 6.54 Å².